The van der Waals surface area contributed by atoms with E-state index in [0.717, 1.165) is 52.2 Å². The van der Waals surface area contributed by atoms with Crippen LogP contribution in [0.3, 0.4) is 0 Å². The van der Waals surface area contributed by atoms with Gasteiger partial charge in [-0.15, -0.1) is 22.7 Å². The average molecular weight is 655 g/mol. The number of thiophene rings is 2. The quantitative estimate of drug-likeness (QED) is 0.108. The molecule has 0 saturated heterocycles. The summed E-state index contributed by atoms with van der Waals surface area (Å²) in [6.07, 6.45) is 3.43. The number of carbonyl (C=O) groups is 4. The van der Waals surface area contributed by atoms with Gasteiger partial charge >= 0.3 is 0 Å². The summed E-state index contributed by atoms with van der Waals surface area (Å²) in [5.74, 6) is -0.865. The molecule has 0 bridgehead atoms. The van der Waals surface area contributed by atoms with Crippen molar-refractivity contribution in [3.63, 3.8) is 0 Å². The standard InChI is InChI=1S/C42H22O4S2/c43-39-31-5-1-2-6-32(31)40(44)35(39)21-29-13-15-37(47-29)25-11-9-23-18-28-20-26(12-10-24(28)17-27(23)19-25)38-16-14-30(48-38)22-36-41(45)33-7-3-4-8-34(33)42(36)46/h1-22H. The van der Waals surface area contributed by atoms with Crippen LogP contribution in [0.15, 0.2) is 132 Å². The lowest BCUT2D eigenvalue weighted by Gasteiger charge is -2.07. The maximum absolute atomic E-state index is 12.9. The van der Waals surface area contributed by atoms with Crippen LogP contribution in [-0.2, 0) is 0 Å². The van der Waals surface area contributed by atoms with Gasteiger partial charge in [-0.3, -0.25) is 19.2 Å². The molecule has 9 rings (SSSR count). The van der Waals surface area contributed by atoms with Crippen molar-refractivity contribution >= 4 is 79.5 Å². The third-order valence-electron chi connectivity index (χ3n) is 9.00. The van der Waals surface area contributed by atoms with Crippen molar-refractivity contribution in [3.8, 4) is 20.9 Å². The maximum atomic E-state index is 12.9. The van der Waals surface area contributed by atoms with Crippen LogP contribution in [0.5, 0.6) is 0 Å². The van der Waals surface area contributed by atoms with Crippen LogP contribution in [-0.4, -0.2) is 23.1 Å². The predicted octanol–water partition coefficient (Wildman–Crippen LogP) is 10.4. The van der Waals surface area contributed by atoms with Gasteiger partial charge in [0.2, 0.25) is 0 Å². The van der Waals surface area contributed by atoms with Gasteiger partial charge < -0.3 is 0 Å². The van der Waals surface area contributed by atoms with E-state index >= 15 is 0 Å². The summed E-state index contributed by atoms with van der Waals surface area (Å²) >= 11 is 3.11. The summed E-state index contributed by atoms with van der Waals surface area (Å²) in [6.45, 7) is 0. The molecule has 0 radical (unpaired) electrons. The lowest BCUT2D eigenvalue weighted by molar-refractivity contribution is 0.0975. The van der Waals surface area contributed by atoms with Crippen molar-refractivity contribution in [1.29, 1.82) is 0 Å². The lowest BCUT2D eigenvalue weighted by atomic mass is 9.99. The van der Waals surface area contributed by atoms with Gasteiger partial charge in [-0.1, -0.05) is 72.8 Å². The number of Topliss-reactive ketones (excluding diaryl/α,β-unsaturated/α-hetero) is 4. The Morgan fingerprint density at radius 3 is 1.12 bits per heavy atom. The molecule has 0 amide bonds. The molecule has 2 aliphatic rings. The molecule has 2 aromatic heterocycles. The monoisotopic (exact) mass is 654 g/mol. The Hall–Kier alpha value is -5.82. The van der Waals surface area contributed by atoms with E-state index in [1.807, 2.05) is 24.3 Å². The fourth-order valence-electron chi connectivity index (χ4n) is 6.57. The van der Waals surface area contributed by atoms with Crippen LogP contribution in [0.4, 0.5) is 0 Å². The number of allylic oxidation sites excluding steroid dienone is 2. The normalized spacial score (nSPS) is 13.9. The molecule has 5 aromatic carbocycles. The SMILES string of the molecule is O=C1C(=Cc2ccc(-c3ccc4cc5cc(-c6ccc(C=C7C(=O)c8ccccc8C7=O)s6)ccc5cc4c3)s2)C(=O)c2ccccc21. The number of benzene rings is 5. The van der Waals surface area contributed by atoms with Crippen molar-refractivity contribution in [2.24, 2.45) is 0 Å². The molecular weight excluding hydrogens is 633 g/mol. The Morgan fingerprint density at radius 1 is 0.375 bits per heavy atom. The molecule has 226 valence electrons. The third kappa shape index (κ3) is 4.57. The first-order valence-corrected chi connectivity index (χ1v) is 17.0. The Labute approximate surface area is 282 Å². The van der Waals surface area contributed by atoms with Crippen LogP contribution in [0.2, 0.25) is 0 Å². The lowest BCUT2D eigenvalue weighted by Crippen LogP contribution is -1.99. The summed E-state index contributed by atoms with van der Waals surface area (Å²) in [5, 5.41) is 4.48. The number of fused-ring (bicyclic) bond motifs is 4. The van der Waals surface area contributed by atoms with Crippen LogP contribution in [0.1, 0.15) is 51.2 Å². The second-order valence-electron chi connectivity index (χ2n) is 11.9. The first-order valence-electron chi connectivity index (χ1n) is 15.4. The highest BCUT2D eigenvalue weighted by molar-refractivity contribution is 7.16. The fourth-order valence-corrected chi connectivity index (χ4v) is 8.46. The number of hydrogen-bond donors (Lipinski definition) is 0. The fraction of sp³-hybridized carbons (Fsp3) is 0. The number of ketones is 4. The molecule has 7 aromatic rings. The molecule has 0 N–H and O–H groups in total. The van der Waals surface area contributed by atoms with E-state index in [-0.39, 0.29) is 34.3 Å². The minimum atomic E-state index is -0.216. The first kappa shape index (κ1) is 28.4. The predicted molar refractivity (Wildman–Crippen MR) is 194 cm³/mol. The van der Waals surface area contributed by atoms with E-state index in [1.165, 1.54) is 0 Å². The van der Waals surface area contributed by atoms with Gasteiger partial charge in [0, 0.05) is 41.8 Å². The van der Waals surface area contributed by atoms with E-state index in [2.05, 4.69) is 48.5 Å². The van der Waals surface area contributed by atoms with Crippen LogP contribution >= 0.6 is 22.7 Å². The van der Waals surface area contributed by atoms with Gasteiger partial charge in [-0.2, -0.15) is 0 Å². The Morgan fingerprint density at radius 2 is 0.750 bits per heavy atom. The van der Waals surface area contributed by atoms with Crippen molar-refractivity contribution in [3.05, 3.63) is 164 Å². The zero-order chi connectivity index (χ0) is 32.5. The molecule has 2 heterocycles. The molecule has 0 spiro atoms. The Balaban J connectivity index is 0.984. The summed E-state index contributed by atoms with van der Waals surface area (Å²) in [4.78, 5) is 55.3. The molecule has 0 atom stereocenters. The van der Waals surface area contributed by atoms with Crippen LogP contribution in [0.25, 0.3) is 54.6 Å². The van der Waals surface area contributed by atoms with Crippen molar-refractivity contribution in [2.45, 2.75) is 0 Å². The van der Waals surface area contributed by atoms with E-state index in [9.17, 15) is 19.2 Å². The highest BCUT2D eigenvalue weighted by Crippen LogP contribution is 2.37. The zero-order valence-electron chi connectivity index (χ0n) is 25.2. The van der Waals surface area contributed by atoms with Gasteiger partial charge in [0.15, 0.2) is 23.1 Å². The van der Waals surface area contributed by atoms with Gasteiger partial charge in [0.1, 0.15) is 0 Å². The van der Waals surface area contributed by atoms with Gasteiger partial charge in [0.05, 0.1) is 11.1 Å². The summed E-state index contributed by atoms with van der Waals surface area (Å²) in [5.41, 5.74) is 4.46. The number of hydrogen-bond acceptors (Lipinski definition) is 6. The van der Waals surface area contributed by atoms with E-state index < -0.39 is 0 Å². The number of carbonyl (C=O) groups excluding carboxylic acids is 4. The van der Waals surface area contributed by atoms with Crippen molar-refractivity contribution in [1.82, 2.24) is 0 Å². The smallest absolute Gasteiger partial charge is 0.197 e. The molecule has 4 nitrogen and oxygen atoms in total. The van der Waals surface area contributed by atoms with Gasteiger partial charge in [-0.05, 0) is 93.4 Å². The first-order chi connectivity index (χ1) is 23.4. The van der Waals surface area contributed by atoms with Crippen LogP contribution < -0.4 is 0 Å². The second kappa shape index (κ2) is 10.9. The van der Waals surface area contributed by atoms with E-state index in [1.54, 1.807) is 83.4 Å². The highest BCUT2D eigenvalue weighted by atomic mass is 32.1. The van der Waals surface area contributed by atoms with Crippen molar-refractivity contribution in [2.75, 3.05) is 0 Å². The zero-order valence-corrected chi connectivity index (χ0v) is 26.8. The topological polar surface area (TPSA) is 68.3 Å². The largest absolute Gasteiger partial charge is 0.288 e. The van der Waals surface area contributed by atoms with Gasteiger partial charge in [-0.25, -0.2) is 0 Å². The molecule has 0 aliphatic heterocycles. The van der Waals surface area contributed by atoms with Crippen LogP contribution in [0, 0.1) is 0 Å². The molecule has 0 unspecified atom stereocenters. The number of rotatable bonds is 4. The Kier molecular flexibility index (Phi) is 6.44. The minimum absolute atomic E-state index is 0.216. The molecule has 2 aliphatic carbocycles. The Bertz CT molecular complexity index is 2390. The summed E-state index contributed by atoms with van der Waals surface area (Å²) in [6, 6.07) is 39.1. The van der Waals surface area contributed by atoms with Gasteiger partial charge in [0.25, 0.3) is 0 Å². The average Bonchev–Trinajstić information content (AvgIpc) is 3.89. The molecule has 48 heavy (non-hydrogen) atoms. The maximum Gasteiger partial charge on any atom is 0.197 e. The molecular formula is C42H22O4S2. The highest BCUT2D eigenvalue weighted by Gasteiger charge is 2.33. The third-order valence-corrected chi connectivity index (χ3v) is 11.2. The molecule has 0 fully saturated rings. The van der Waals surface area contributed by atoms with Crippen molar-refractivity contribution < 1.29 is 19.2 Å². The molecule has 0 saturated carbocycles. The van der Waals surface area contributed by atoms with E-state index in [0.29, 0.717) is 22.3 Å². The summed E-state index contributed by atoms with van der Waals surface area (Å²) < 4.78 is 0. The molecule has 6 heteroatoms. The minimum Gasteiger partial charge on any atom is -0.288 e. The second-order valence-corrected chi connectivity index (χ2v) is 14.1. The summed E-state index contributed by atoms with van der Waals surface area (Å²) in [7, 11) is 0. The van der Waals surface area contributed by atoms with E-state index in [4.69, 9.17) is 0 Å².